The Morgan fingerprint density at radius 2 is 1.80 bits per heavy atom. The number of benzene rings is 2. The highest BCUT2D eigenvalue weighted by Crippen LogP contribution is 2.21. The molecule has 0 saturated carbocycles. The minimum absolute atomic E-state index is 0.112. The Morgan fingerprint density at radius 1 is 1.16 bits per heavy atom. The second-order valence-corrected chi connectivity index (χ2v) is 8.38. The van der Waals surface area contributed by atoms with E-state index in [1.165, 1.54) is 19.1 Å². The molecule has 134 valence electrons. The van der Waals surface area contributed by atoms with E-state index >= 15 is 0 Å². The van der Waals surface area contributed by atoms with E-state index in [0.29, 0.717) is 0 Å². The van der Waals surface area contributed by atoms with Crippen LogP contribution in [0.5, 0.6) is 0 Å². The lowest BCUT2D eigenvalue weighted by Crippen LogP contribution is -2.41. The van der Waals surface area contributed by atoms with E-state index in [1.807, 2.05) is 32.0 Å². The zero-order chi connectivity index (χ0) is 18.6. The lowest BCUT2D eigenvalue weighted by atomic mass is 10.1. The second-order valence-electron chi connectivity index (χ2n) is 5.75. The van der Waals surface area contributed by atoms with Crippen LogP contribution in [0, 0.1) is 6.92 Å². The molecule has 1 atom stereocenters. The summed E-state index contributed by atoms with van der Waals surface area (Å²) in [5.41, 5.74) is 2.69. The van der Waals surface area contributed by atoms with Gasteiger partial charge >= 0.3 is 0 Å². The molecule has 7 heteroatoms. The normalized spacial score (nSPS) is 12.6. The van der Waals surface area contributed by atoms with Crippen LogP contribution in [-0.2, 0) is 21.2 Å². The van der Waals surface area contributed by atoms with E-state index in [9.17, 15) is 13.2 Å². The van der Waals surface area contributed by atoms with Crippen molar-refractivity contribution in [1.29, 1.82) is 0 Å². The molecule has 0 fully saturated rings. The third kappa shape index (κ3) is 4.90. The number of hydrogen-bond donors (Lipinski definition) is 2. The van der Waals surface area contributed by atoms with E-state index in [4.69, 9.17) is 0 Å². The molecule has 2 N–H and O–H groups in total. The number of para-hydroxylation sites is 1. The Labute approximate surface area is 157 Å². The zero-order valence-corrected chi connectivity index (χ0v) is 16.7. The Balaban J connectivity index is 2.14. The molecule has 2 aromatic rings. The standard InChI is InChI=1S/C18H21BrN2O3S/c1-4-14-7-5-6-12(2)17(14)20-18(22)13(3)21-25(23,24)16-10-8-15(19)9-11-16/h5-11,13,21H,4H2,1-3H3,(H,20,22)/t13-/m1/s1. The quantitative estimate of drug-likeness (QED) is 0.743. The molecule has 0 aliphatic carbocycles. The van der Waals surface area contributed by atoms with Crippen LogP contribution >= 0.6 is 15.9 Å². The third-order valence-electron chi connectivity index (χ3n) is 3.84. The Hall–Kier alpha value is -1.70. The van der Waals surface area contributed by atoms with Gasteiger partial charge in [0.1, 0.15) is 0 Å². The van der Waals surface area contributed by atoms with E-state index < -0.39 is 22.0 Å². The topological polar surface area (TPSA) is 75.3 Å². The molecule has 0 aliphatic heterocycles. The van der Waals surface area contributed by atoms with Gasteiger partial charge in [-0.05, 0) is 55.7 Å². The van der Waals surface area contributed by atoms with Crippen molar-refractivity contribution in [1.82, 2.24) is 4.72 Å². The first-order chi connectivity index (χ1) is 11.7. The van der Waals surface area contributed by atoms with Crippen LogP contribution in [0.15, 0.2) is 51.8 Å². The first-order valence-electron chi connectivity index (χ1n) is 7.92. The summed E-state index contributed by atoms with van der Waals surface area (Å²) in [5, 5.41) is 2.84. The number of amides is 1. The van der Waals surface area contributed by atoms with E-state index in [-0.39, 0.29) is 4.90 Å². The summed E-state index contributed by atoms with van der Waals surface area (Å²) in [6.07, 6.45) is 0.774. The fourth-order valence-electron chi connectivity index (χ4n) is 2.40. The van der Waals surface area contributed by atoms with E-state index in [2.05, 4.69) is 26.0 Å². The predicted molar refractivity (Wildman–Crippen MR) is 103 cm³/mol. The summed E-state index contributed by atoms with van der Waals surface area (Å²) in [4.78, 5) is 12.6. The van der Waals surface area contributed by atoms with Gasteiger partial charge in [-0.25, -0.2) is 8.42 Å². The molecule has 2 aromatic carbocycles. The van der Waals surface area contributed by atoms with Gasteiger partial charge in [-0.2, -0.15) is 4.72 Å². The SMILES string of the molecule is CCc1cccc(C)c1NC(=O)[C@@H](C)NS(=O)(=O)c1ccc(Br)cc1. The lowest BCUT2D eigenvalue weighted by Gasteiger charge is -2.17. The number of carbonyl (C=O) groups is 1. The average molecular weight is 425 g/mol. The molecule has 25 heavy (non-hydrogen) atoms. The van der Waals surface area contributed by atoms with Gasteiger partial charge in [-0.1, -0.05) is 41.1 Å². The maximum absolute atomic E-state index is 12.5. The number of sulfonamides is 1. The highest BCUT2D eigenvalue weighted by Gasteiger charge is 2.22. The average Bonchev–Trinajstić information content (AvgIpc) is 2.56. The fraction of sp³-hybridized carbons (Fsp3) is 0.278. The molecule has 0 heterocycles. The van der Waals surface area contributed by atoms with Crippen molar-refractivity contribution in [3.8, 4) is 0 Å². The molecule has 0 aliphatic rings. The zero-order valence-electron chi connectivity index (χ0n) is 14.3. The Morgan fingerprint density at radius 3 is 2.40 bits per heavy atom. The smallest absolute Gasteiger partial charge is 0.242 e. The second kappa shape index (κ2) is 8.12. The van der Waals surface area contributed by atoms with Gasteiger partial charge in [-0.3, -0.25) is 4.79 Å². The van der Waals surface area contributed by atoms with Gasteiger partial charge in [0.25, 0.3) is 0 Å². The van der Waals surface area contributed by atoms with Crippen LogP contribution in [0.25, 0.3) is 0 Å². The summed E-state index contributed by atoms with van der Waals surface area (Å²) < 4.78 is 28.0. The van der Waals surface area contributed by atoms with Crippen molar-refractivity contribution in [2.75, 3.05) is 5.32 Å². The molecule has 2 rings (SSSR count). The van der Waals surface area contributed by atoms with Crippen molar-refractivity contribution in [3.63, 3.8) is 0 Å². The molecular formula is C18H21BrN2O3S. The van der Waals surface area contributed by atoms with Crippen molar-refractivity contribution in [2.24, 2.45) is 0 Å². The molecule has 0 spiro atoms. The Kier molecular flexibility index (Phi) is 6.37. The molecule has 0 aromatic heterocycles. The van der Waals surface area contributed by atoms with Gasteiger partial charge in [0, 0.05) is 10.2 Å². The molecule has 0 radical (unpaired) electrons. The van der Waals surface area contributed by atoms with Crippen LogP contribution < -0.4 is 10.0 Å². The Bertz CT molecular complexity index is 864. The number of nitrogens with one attached hydrogen (secondary N) is 2. The largest absolute Gasteiger partial charge is 0.324 e. The maximum Gasteiger partial charge on any atom is 0.242 e. The number of rotatable bonds is 6. The van der Waals surface area contributed by atoms with Crippen molar-refractivity contribution >= 4 is 37.5 Å². The van der Waals surface area contributed by atoms with Crippen LogP contribution in [0.2, 0.25) is 0 Å². The number of hydrogen-bond acceptors (Lipinski definition) is 3. The number of halogens is 1. The monoisotopic (exact) mass is 424 g/mol. The van der Waals surface area contributed by atoms with Gasteiger partial charge in [0.2, 0.25) is 15.9 Å². The molecule has 1 amide bonds. The summed E-state index contributed by atoms with van der Waals surface area (Å²) in [6, 6.07) is 11.1. The summed E-state index contributed by atoms with van der Waals surface area (Å²) in [6.45, 7) is 5.44. The molecular weight excluding hydrogens is 404 g/mol. The summed E-state index contributed by atoms with van der Waals surface area (Å²) >= 11 is 3.26. The van der Waals surface area contributed by atoms with Gasteiger partial charge in [0.15, 0.2) is 0 Å². The van der Waals surface area contributed by atoms with Gasteiger partial charge < -0.3 is 5.32 Å². The first-order valence-corrected chi connectivity index (χ1v) is 10.2. The summed E-state index contributed by atoms with van der Waals surface area (Å²) in [7, 11) is -3.77. The van der Waals surface area contributed by atoms with Gasteiger partial charge in [0.05, 0.1) is 10.9 Å². The van der Waals surface area contributed by atoms with Gasteiger partial charge in [-0.15, -0.1) is 0 Å². The van der Waals surface area contributed by atoms with E-state index in [0.717, 1.165) is 27.7 Å². The maximum atomic E-state index is 12.5. The molecule has 0 bridgehead atoms. The minimum atomic E-state index is -3.77. The van der Waals surface area contributed by atoms with Crippen molar-refractivity contribution in [3.05, 3.63) is 58.1 Å². The summed E-state index contributed by atoms with van der Waals surface area (Å²) in [5.74, 6) is -0.398. The fourth-order valence-corrected chi connectivity index (χ4v) is 3.87. The van der Waals surface area contributed by atoms with Crippen molar-refractivity contribution < 1.29 is 13.2 Å². The van der Waals surface area contributed by atoms with Crippen LogP contribution in [-0.4, -0.2) is 20.4 Å². The predicted octanol–water partition coefficient (Wildman–Crippen LogP) is 3.63. The first kappa shape index (κ1) is 19.6. The molecule has 0 saturated heterocycles. The highest BCUT2D eigenvalue weighted by atomic mass is 79.9. The lowest BCUT2D eigenvalue weighted by molar-refractivity contribution is -0.117. The van der Waals surface area contributed by atoms with Crippen molar-refractivity contribution in [2.45, 2.75) is 38.1 Å². The van der Waals surface area contributed by atoms with Crippen LogP contribution in [0.4, 0.5) is 5.69 Å². The van der Waals surface area contributed by atoms with Crippen LogP contribution in [0.3, 0.4) is 0 Å². The number of anilines is 1. The molecule has 5 nitrogen and oxygen atoms in total. The number of carbonyl (C=O) groups excluding carboxylic acids is 1. The third-order valence-corrected chi connectivity index (χ3v) is 5.92. The molecule has 0 unspecified atom stereocenters. The van der Waals surface area contributed by atoms with E-state index in [1.54, 1.807) is 12.1 Å². The number of aryl methyl sites for hydroxylation is 2. The highest BCUT2D eigenvalue weighted by molar-refractivity contribution is 9.10. The van der Waals surface area contributed by atoms with Crippen LogP contribution in [0.1, 0.15) is 25.0 Å². The minimum Gasteiger partial charge on any atom is -0.324 e.